The zero-order chi connectivity index (χ0) is 9.90. The summed E-state index contributed by atoms with van der Waals surface area (Å²) >= 11 is 0. The predicted molar refractivity (Wildman–Crippen MR) is 56.7 cm³/mol. The Hall–Kier alpha value is -0.0400. The Labute approximate surface area is 82.5 Å². The van der Waals surface area contributed by atoms with Gasteiger partial charge < -0.3 is 5.11 Å². The number of hydrogen-bond acceptors (Lipinski definition) is 1. The lowest BCUT2D eigenvalue weighted by atomic mass is 9.74. The van der Waals surface area contributed by atoms with Crippen molar-refractivity contribution in [2.24, 2.45) is 11.8 Å². The minimum absolute atomic E-state index is 0.326. The summed E-state index contributed by atoms with van der Waals surface area (Å²) in [5, 5.41) is 10.3. The van der Waals surface area contributed by atoms with E-state index < -0.39 is 0 Å². The van der Waals surface area contributed by atoms with Crippen LogP contribution >= 0.6 is 0 Å². The molecule has 0 spiro atoms. The van der Waals surface area contributed by atoms with E-state index in [4.69, 9.17) is 0 Å². The fraction of sp³-hybridized carbons (Fsp3) is 1.00. The molecule has 3 atom stereocenters. The van der Waals surface area contributed by atoms with Gasteiger partial charge in [0.1, 0.15) is 0 Å². The van der Waals surface area contributed by atoms with Crippen LogP contribution in [-0.2, 0) is 0 Å². The van der Waals surface area contributed by atoms with Crippen LogP contribution in [0.1, 0.15) is 59.3 Å². The van der Waals surface area contributed by atoms with E-state index >= 15 is 0 Å². The Morgan fingerprint density at radius 2 is 2.23 bits per heavy atom. The van der Waals surface area contributed by atoms with Gasteiger partial charge in [-0.15, -0.1) is 0 Å². The fourth-order valence-electron chi connectivity index (χ4n) is 2.61. The van der Waals surface area contributed by atoms with E-state index in [0.29, 0.717) is 5.92 Å². The van der Waals surface area contributed by atoms with E-state index in [0.717, 1.165) is 25.2 Å². The molecule has 3 unspecified atom stereocenters. The van der Waals surface area contributed by atoms with Gasteiger partial charge in [-0.1, -0.05) is 40.0 Å². The first-order valence-electron chi connectivity index (χ1n) is 5.78. The minimum atomic E-state index is -0.326. The molecule has 0 heterocycles. The van der Waals surface area contributed by atoms with Gasteiger partial charge >= 0.3 is 0 Å². The zero-order valence-corrected chi connectivity index (χ0v) is 9.34. The molecule has 1 N–H and O–H groups in total. The molecule has 0 amide bonds. The molecule has 0 aliphatic heterocycles. The SMILES string of the molecule is CCC(C)CC1(O)CCCC(C)C1. The third kappa shape index (κ3) is 3.30. The van der Waals surface area contributed by atoms with E-state index in [1.807, 2.05) is 0 Å². The molecule has 1 saturated carbocycles. The molecule has 0 aromatic heterocycles. The normalized spacial score (nSPS) is 37.4. The summed E-state index contributed by atoms with van der Waals surface area (Å²) in [6, 6.07) is 0. The van der Waals surface area contributed by atoms with Crippen molar-refractivity contribution in [1.29, 1.82) is 0 Å². The van der Waals surface area contributed by atoms with Crippen molar-refractivity contribution < 1.29 is 5.11 Å². The lowest BCUT2D eigenvalue weighted by Gasteiger charge is -2.37. The van der Waals surface area contributed by atoms with Gasteiger partial charge in [-0.05, 0) is 31.1 Å². The largest absolute Gasteiger partial charge is 0.390 e. The highest BCUT2D eigenvalue weighted by atomic mass is 16.3. The van der Waals surface area contributed by atoms with Gasteiger partial charge in [-0.2, -0.15) is 0 Å². The number of hydrogen-bond donors (Lipinski definition) is 1. The molecule has 0 saturated heterocycles. The molecule has 78 valence electrons. The maximum absolute atomic E-state index is 10.3. The average molecular weight is 184 g/mol. The molecule has 1 nitrogen and oxygen atoms in total. The van der Waals surface area contributed by atoms with Crippen LogP contribution in [0.2, 0.25) is 0 Å². The standard InChI is InChI=1S/C12H24O/c1-4-10(2)8-12(13)7-5-6-11(3)9-12/h10-11,13H,4-9H2,1-3H3. The van der Waals surface area contributed by atoms with Gasteiger partial charge in [0, 0.05) is 0 Å². The van der Waals surface area contributed by atoms with Gasteiger partial charge in [0.15, 0.2) is 0 Å². The van der Waals surface area contributed by atoms with Crippen molar-refractivity contribution in [2.45, 2.75) is 64.9 Å². The van der Waals surface area contributed by atoms with E-state index in [9.17, 15) is 5.11 Å². The van der Waals surface area contributed by atoms with E-state index in [1.54, 1.807) is 0 Å². The Morgan fingerprint density at radius 1 is 1.54 bits per heavy atom. The molecule has 1 aliphatic carbocycles. The predicted octanol–water partition coefficient (Wildman–Crippen LogP) is 3.36. The molecule has 0 bridgehead atoms. The first-order chi connectivity index (χ1) is 6.06. The molecule has 13 heavy (non-hydrogen) atoms. The van der Waals surface area contributed by atoms with Gasteiger partial charge in [-0.25, -0.2) is 0 Å². The Bertz CT molecular complexity index is 155. The third-order valence-electron chi connectivity index (χ3n) is 3.49. The highest BCUT2D eigenvalue weighted by molar-refractivity contribution is 4.86. The molecule has 1 heteroatoms. The van der Waals surface area contributed by atoms with Gasteiger partial charge in [-0.3, -0.25) is 0 Å². The Morgan fingerprint density at radius 3 is 2.77 bits per heavy atom. The summed E-state index contributed by atoms with van der Waals surface area (Å²) in [6.07, 6.45) is 6.78. The topological polar surface area (TPSA) is 20.2 Å². The first-order valence-corrected chi connectivity index (χ1v) is 5.78. The van der Waals surface area contributed by atoms with Crippen LogP contribution in [0.15, 0.2) is 0 Å². The summed E-state index contributed by atoms with van der Waals surface area (Å²) in [5.74, 6) is 1.40. The van der Waals surface area contributed by atoms with E-state index in [-0.39, 0.29) is 5.60 Å². The Balaban J connectivity index is 2.44. The van der Waals surface area contributed by atoms with Crippen LogP contribution in [0, 0.1) is 11.8 Å². The molecule has 1 fully saturated rings. The summed E-state index contributed by atoms with van der Waals surface area (Å²) in [7, 11) is 0. The van der Waals surface area contributed by atoms with Crippen LogP contribution in [-0.4, -0.2) is 10.7 Å². The van der Waals surface area contributed by atoms with Gasteiger partial charge in [0.05, 0.1) is 5.60 Å². The number of aliphatic hydroxyl groups is 1. The summed E-state index contributed by atoms with van der Waals surface area (Å²) in [5.41, 5.74) is -0.326. The van der Waals surface area contributed by atoms with E-state index in [1.165, 1.54) is 19.3 Å². The van der Waals surface area contributed by atoms with Crippen molar-refractivity contribution >= 4 is 0 Å². The molecule has 1 rings (SSSR count). The Kier molecular flexibility index (Phi) is 3.78. The second-order valence-corrected chi connectivity index (χ2v) is 5.14. The molecule has 1 aliphatic rings. The van der Waals surface area contributed by atoms with Crippen molar-refractivity contribution in [3.63, 3.8) is 0 Å². The smallest absolute Gasteiger partial charge is 0.0652 e. The summed E-state index contributed by atoms with van der Waals surface area (Å²) < 4.78 is 0. The average Bonchev–Trinajstić information content (AvgIpc) is 2.02. The van der Waals surface area contributed by atoms with Crippen LogP contribution in [0.4, 0.5) is 0 Å². The first kappa shape index (κ1) is 11.0. The summed E-state index contributed by atoms with van der Waals surface area (Å²) in [4.78, 5) is 0. The molecule has 0 aromatic rings. The second-order valence-electron chi connectivity index (χ2n) is 5.14. The molecular weight excluding hydrogens is 160 g/mol. The fourth-order valence-corrected chi connectivity index (χ4v) is 2.61. The van der Waals surface area contributed by atoms with Crippen molar-refractivity contribution in [1.82, 2.24) is 0 Å². The van der Waals surface area contributed by atoms with Gasteiger partial charge in [0.25, 0.3) is 0 Å². The maximum Gasteiger partial charge on any atom is 0.0652 e. The quantitative estimate of drug-likeness (QED) is 0.713. The third-order valence-corrected chi connectivity index (χ3v) is 3.49. The second kappa shape index (κ2) is 4.45. The molecular formula is C12H24O. The van der Waals surface area contributed by atoms with Crippen molar-refractivity contribution in [3.8, 4) is 0 Å². The van der Waals surface area contributed by atoms with Crippen LogP contribution in [0.25, 0.3) is 0 Å². The van der Waals surface area contributed by atoms with E-state index in [2.05, 4.69) is 20.8 Å². The van der Waals surface area contributed by atoms with Gasteiger partial charge in [0.2, 0.25) is 0 Å². The molecule has 0 radical (unpaired) electrons. The maximum atomic E-state index is 10.3. The lowest BCUT2D eigenvalue weighted by molar-refractivity contribution is -0.0313. The highest BCUT2D eigenvalue weighted by Crippen LogP contribution is 2.36. The van der Waals surface area contributed by atoms with Crippen LogP contribution in [0.5, 0.6) is 0 Å². The lowest BCUT2D eigenvalue weighted by Crippen LogP contribution is -2.36. The molecule has 0 aromatic carbocycles. The zero-order valence-electron chi connectivity index (χ0n) is 9.34. The van der Waals surface area contributed by atoms with Crippen LogP contribution < -0.4 is 0 Å². The van der Waals surface area contributed by atoms with Crippen LogP contribution in [0.3, 0.4) is 0 Å². The van der Waals surface area contributed by atoms with Crippen molar-refractivity contribution in [2.75, 3.05) is 0 Å². The van der Waals surface area contributed by atoms with Crippen molar-refractivity contribution in [3.05, 3.63) is 0 Å². The summed E-state index contributed by atoms with van der Waals surface area (Å²) in [6.45, 7) is 6.72. The highest BCUT2D eigenvalue weighted by Gasteiger charge is 2.33. The number of rotatable bonds is 3. The monoisotopic (exact) mass is 184 g/mol. The minimum Gasteiger partial charge on any atom is -0.390 e.